The summed E-state index contributed by atoms with van der Waals surface area (Å²) in [5.74, 6) is 0. The number of rotatable bonds is 0. The molecule has 0 aliphatic carbocycles. The van der Waals surface area contributed by atoms with Crippen LogP contribution >= 0.6 is 7.82 Å². The number of hydrogen-bond acceptors (Lipinski definition) is 4. The van der Waals surface area contributed by atoms with Crippen molar-refractivity contribution in [2.75, 3.05) is 0 Å². The zero-order chi connectivity index (χ0) is 8.08. The first-order valence-electron chi connectivity index (χ1n) is 1.43. The van der Waals surface area contributed by atoms with Crippen molar-refractivity contribution < 1.29 is 64.3 Å². The van der Waals surface area contributed by atoms with Gasteiger partial charge in [0.05, 0.1) is 0 Å². The predicted molar refractivity (Wildman–Crippen MR) is 36.3 cm³/mol. The summed E-state index contributed by atoms with van der Waals surface area (Å²) >= 11 is 0. The molecule has 0 amide bonds. The van der Waals surface area contributed by atoms with Crippen LogP contribution in [0.15, 0.2) is 0 Å². The van der Waals surface area contributed by atoms with Crippen LogP contribution < -0.4 is 41.9 Å². The van der Waals surface area contributed by atoms with Crippen molar-refractivity contribution in [1.82, 2.24) is 12.3 Å². The van der Waals surface area contributed by atoms with Gasteiger partial charge in [-0.05, 0) is 0 Å². The molecule has 0 aliphatic rings. The Balaban J connectivity index is -0.0000000146. The maximum Gasteiger partial charge on any atom is 1.00 e. The molecule has 12 heavy (non-hydrogen) atoms. The summed E-state index contributed by atoms with van der Waals surface area (Å²) in [6, 6.07) is 0. The van der Waals surface area contributed by atoms with Crippen LogP contribution in [0.3, 0.4) is 0 Å². The van der Waals surface area contributed by atoms with Crippen LogP contribution in [0.4, 0.5) is 0 Å². The third-order valence-electron chi connectivity index (χ3n) is 0. The zero-order valence-corrected chi connectivity index (χ0v) is 10.3. The average molecular weight is 234 g/mol. The van der Waals surface area contributed by atoms with Gasteiger partial charge in [0.25, 0.3) is 0 Å². The Morgan fingerprint density at radius 2 is 1.08 bits per heavy atom. The van der Waals surface area contributed by atoms with Gasteiger partial charge in [-0.1, -0.05) is 0 Å². The molecular formula is H12N2NaO7PSi. The van der Waals surface area contributed by atoms with Gasteiger partial charge in [-0.2, -0.15) is 0 Å². The molecule has 0 aromatic rings. The van der Waals surface area contributed by atoms with E-state index in [9.17, 15) is 0 Å². The third kappa shape index (κ3) is 2370. The van der Waals surface area contributed by atoms with E-state index in [-0.39, 0.29) is 43.3 Å². The summed E-state index contributed by atoms with van der Waals surface area (Å²) in [5, 5.41) is 0. The molecule has 0 fully saturated rings. The summed E-state index contributed by atoms with van der Waals surface area (Å²) in [4.78, 5) is 35.9. The molecule has 0 bridgehead atoms. The number of phosphoric acid groups is 1. The van der Waals surface area contributed by atoms with Gasteiger partial charge in [0.2, 0.25) is 0 Å². The van der Waals surface area contributed by atoms with Crippen LogP contribution in [0.2, 0.25) is 0 Å². The summed E-state index contributed by atoms with van der Waals surface area (Å²) in [5.41, 5.74) is 0. The third-order valence-corrected chi connectivity index (χ3v) is 0. The van der Waals surface area contributed by atoms with E-state index in [0.717, 1.165) is 0 Å². The van der Waals surface area contributed by atoms with E-state index in [1.807, 2.05) is 0 Å². The van der Waals surface area contributed by atoms with Gasteiger partial charge in [0, 0.05) is 0 Å². The molecule has 0 spiro atoms. The minimum absolute atomic E-state index is 0. The fourth-order valence-corrected chi connectivity index (χ4v) is 0. The normalized spacial score (nSPS) is 6.92. The van der Waals surface area contributed by atoms with Crippen LogP contribution in [-0.4, -0.2) is 33.4 Å². The molecule has 74 valence electrons. The first-order chi connectivity index (χ1) is 3.73. The van der Waals surface area contributed by atoms with Crippen LogP contribution in [-0.2, 0) is 9.03 Å². The quantitative estimate of drug-likeness (QED) is 0.158. The van der Waals surface area contributed by atoms with Gasteiger partial charge in [0.1, 0.15) is 0 Å². The summed E-state index contributed by atoms with van der Waals surface area (Å²) < 4.78 is 17.6. The first kappa shape index (κ1) is 29.3. The molecule has 0 unspecified atom stereocenters. The van der Waals surface area contributed by atoms with Gasteiger partial charge >= 0.3 is 46.6 Å². The van der Waals surface area contributed by atoms with Crippen molar-refractivity contribution in [1.29, 1.82) is 0 Å². The van der Waals surface area contributed by atoms with Gasteiger partial charge < -0.3 is 38.0 Å². The Labute approximate surface area is 93.5 Å². The van der Waals surface area contributed by atoms with Gasteiger partial charge in [-0.25, -0.2) is 4.57 Å². The Hall–Kier alpha value is 0.647. The molecule has 12 heteroatoms. The molecule has 0 radical (unpaired) electrons. The van der Waals surface area contributed by atoms with E-state index in [0.29, 0.717) is 0 Å². The van der Waals surface area contributed by atoms with Crippen molar-refractivity contribution in [3.05, 3.63) is 0 Å². The van der Waals surface area contributed by atoms with Crippen molar-refractivity contribution in [2.24, 2.45) is 0 Å². The van der Waals surface area contributed by atoms with Crippen LogP contribution in [0, 0.1) is 0 Å². The summed E-state index contributed by atoms with van der Waals surface area (Å²) in [7, 11) is -7.77. The maximum atomic E-state index is 8.88. The fourth-order valence-electron chi connectivity index (χ4n) is 0. The second-order valence-corrected chi connectivity index (χ2v) is 2.39. The summed E-state index contributed by atoms with van der Waals surface area (Å²) in [6.45, 7) is 0. The predicted octanol–water partition coefficient (Wildman–Crippen LogP) is -5.10. The zero-order valence-electron chi connectivity index (χ0n) is 7.41. The minimum Gasteiger partial charge on any atom is -1.00 e. The summed E-state index contributed by atoms with van der Waals surface area (Å²) in [6.07, 6.45) is 0. The second kappa shape index (κ2) is 14.2. The standard InChI is InChI=1S/2H3N.Na.H3O4P.H2O3Si.H/c;;;1-5(2,3)4;1-4(2)3;/h2*1H3;;(H3,1,2,3,4);1-2H;/q;;+1;;;-1. The molecule has 0 aromatic carbocycles. The number of hydrogen-bond donors (Lipinski definition) is 7. The van der Waals surface area contributed by atoms with Crippen molar-refractivity contribution in [3.63, 3.8) is 0 Å². The minimum atomic E-state index is -4.64. The van der Waals surface area contributed by atoms with Gasteiger partial charge in [-0.15, -0.1) is 0 Å². The van der Waals surface area contributed by atoms with Crippen molar-refractivity contribution in [2.45, 2.75) is 0 Å². The van der Waals surface area contributed by atoms with E-state index in [4.69, 9.17) is 33.3 Å². The van der Waals surface area contributed by atoms with E-state index in [2.05, 4.69) is 0 Å². The van der Waals surface area contributed by atoms with Gasteiger partial charge in [-0.3, -0.25) is 4.46 Å². The topological polar surface area (TPSA) is 205 Å². The SMILES string of the molecule is N.N.O=P(O)(O)O.O=[Si](O)O.[H-].[Na+]. The largest absolute Gasteiger partial charge is 1.00 e. The van der Waals surface area contributed by atoms with E-state index in [1.165, 1.54) is 0 Å². The van der Waals surface area contributed by atoms with E-state index < -0.39 is 17.0 Å². The molecule has 0 saturated carbocycles. The van der Waals surface area contributed by atoms with Crippen molar-refractivity contribution >= 4 is 17.0 Å². The van der Waals surface area contributed by atoms with E-state index >= 15 is 0 Å². The molecule has 9 nitrogen and oxygen atoms in total. The fraction of sp³-hybridized carbons (Fsp3) is 0. The molecule has 0 heterocycles. The monoisotopic (exact) mass is 234 g/mol. The molecule has 0 aromatic heterocycles. The molecule has 0 rings (SSSR count). The molecule has 11 N–H and O–H groups in total. The Morgan fingerprint density at radius 1 is 1.08 bits per heavy atom. The molecular weight excluding hydrogens is 222 g/mol. The van der Waals surface area contributed by atoms with E-state index in [1.54, 1.807) is 0 Å². The van der Waals surface area contributed by atoms with Crippen LogP contribution in [0.5, 0.6) is 0 Å². The Kier molecular flexibility index (Phi) is 34.7. The second-order valence-electron chi connectivity index (χ2n) is 0.796. The molecule has 0 saturated heterocycles. The average Bonchev–Trinajstić information content (AvgIpc) is 1.19. The van der Waals surface area contributed by atoms with Crippen molar-refractivity contribution in [3.8, 4) is 0 Å². The first-order valence-corrected chi connectivity index (χ1v) is 4.30. The van der Waals surface area contributed by atoms with Gasteiger partial charge in [0.15, 0.2) is 0 Å². The van der Waals surface area contributed by atoms with Crippen LogP contribution in [0.25, 0.3) is 0 Å². The molecule has 0 aliphatic heterocycles. The molecule has 0 atom stereocenters. The Morgan fingerprint density at radius 3 is 1.08 bits per heavy atom. The Bertz CT molecular complexity index is 126. The van der Waals surface area contributed by atoms with Crippen LogP contribution in [0.1, 0.15) is 1.43 Å². The maximum absolute atomic E-state index is 8.88. The smallest absolute Gasteiger partial charge is 1.00 e.